The van der Waals surface area contributed by atoms with Gasteiger partial charge >= 0.3 is 5.69 Å². The molecule has 1 aromatic carbocycles. The minimum atomic E-state index is 0.0554. The Hall–Kier alpha value is -1.55. The van der Waals surface area contributed by atoms with Crippen LogP contribution in [-0.4, -0.2) is 9.13 Å². The highest BCUT2D eigenvalue weighted by molar-refractivity contribution is 5.77. The molecule has 0 aliphatic rings. The molecular formula is C15H23N3O. The van der Waals surface area contributed by atoms with Crippen molar-refractivity contribution in [1.82, 2.24) is 9.13 Å². The molecule has 4 heteroatoms. The van der Waals surface area contributed by atoms with Crippen LogP contribution in [0.15, 0.2) is 23.0 Å². The molecule has 0 aliphatic carbocycles. The zero-order valence-corrected chi connectivity index (χ0v) is 12.0. The van der Waals surface area contributed by atoms with Crippen LogP contribution in [0.5, 0.6) is 0 Å². The summed E-state index contributed by atoms with van der Waals surface area (Å²) in [6.07, 6.45) is 2.03. The summed E-state index contributed by atoms with van der Waals surface area (Å²) in [6, 6.07) is 6.21. The van der Waals surface area contributed by atoms with Crippen molar-refractivity contribution >= 4 is 11.0 Å². The van der Waals surface area contributed by atoms with Crippen LogP contribution in [0, 0.1) is 0 Å². The first-order valence-electron chi connectivity index (χ1n) is 7.12. The molecule has 19 heavy (non-hydrogen) atoms. The molecule has 0 fully saturated rings. The predicted octanol–water partition coefficient (Wildman–Crippen LogP) is 2.64. The van der Waals surface area contributed by atoms with Crippen molar-refractivity contribution in [2.75, 3.05) is 0 Å². The quantitative estimate of drug-likeness (QED) is 0.899. The van der Waals surface area contributed by atoms with Crippen LogP contribution in [-0.2, 0) is 13.1 Å². The molecule has 2 N–H and O–H groups in total. The molecule has 1 unspecified atom stereocenters. The van der Waals surface area contributed by atoms with Gasteiger partial charge in [0.1, 0.15) is 0 Å². The fraction of sp³-hybridized carbons (Fsp3) is 0.533. The van der Waals surface area contributed by atoms with Crippen LogP contribution < -0.4 is 11.4 Å². The van der Waals surface area contributed by atoms with Gasteiger partial charge in [0.05, 0.1) is 11.0 Å². The minimum Gasteiger partial charge on any atom is -0.324 e. The van der Waals surface area contributed by atoms with Gasteiger partial charge in [-0.15, -0.1) is 0 Å². The lowest BCUT2D eigenvalue weighted by molar-refractivity contribution is 0.638. The van der Waals surface area contributed by atoms with Gasteiger partial charge in [-0.05, 0) is 38.0 Å². The van der Waals surface area contributed by atoms with Crippen LogP contribution in [0.3, 0.4) is 0 Å². The number of hydrogen-bond acceptors (Lipinski definition) is 2. The van der Waals surface area contributed by atoms with Gasteiger partial charge in [-0.3, -0.25) is 9.13 Å². The van der Waals surface area contributed by atoms with Crippen molar-refractivity contribution in [1.29, 1.82) is 0 Å². The molecule has 0 saturated carbocycles. The largest absolute Gasteiger partial charge is 0.329 e. The minimum absolute atomic E-state index is 0.0554. The Morgan fingerprint density at radius 1 is 1.11 bits per heavy atom. The zero-order valence-electron chi connectivity index (χ0n) is 12.0. The summed E-state index contributed by atoms with van der Waals surface area (Å²) in [5.74, 6) is 0. The van der Waals surface area contributed by atoms with E-state index in [1.165, 1.54) is 0 Å². The Labute approximate surface area is 113 Å². The second-order valence-corrected chi connectivity index (χ2v) is 4.91. The average Bonchev–Trinajstić information content (AvgIpc) is 2.68. The van der Waals surface area contributed by atoms with E-state index in [0.29, 0.717) is 13.1 Å². The Bertz CT molecular complexity index is 624. The number of rotatable bonds is 5. The number of hydrogen-bond donors (Lipinski definition) is 1. The van der Waals surface area contributed by atoms with E-state index in [1.807, 2.05) is 35.1 Å². The number of fused-ring (bicyclic) bond motifs is 1. The number of imidazole rings is 1. The highest BCUT2D eigenvalue weighted by atomic mass is 16.1. The van der Waals surface area contributed by atoms with Gasteiger partial charge in [0.2, 0.25) is 0 Å². The molecule has 4 nitrogen and oxygen atoms in total. The van der Waals surface area contributed by atoms with E-state index in [-0.39, 0.29) is 11.7 Å². The fourth-order valence-electron chi connectivity index (χ4n) is 2.66. The maximum Gasteiger partial charge on any atom is 0.329 e. The summed E-state index contributed by atoms with van der Waals surface area (Å²) in [4.78, 5) is 12.3. The molecule has 0 spiro atoms. The summed E-state index contributed by atoms with van der Waals surface area (Å²) in [5.41, 5.74) is 9.36. The SMILES string of the molecule is CCCC(N)c1ccc2c(c1)n(CC)c(=O)n2CC. The number of nitrogens with two attached hydrogens (primary N) is 1. The van der Waals surface area contributed by atoms with E-state index < -0.39 is 0 Å². The topological polar surface area (TPSA) is 52.9 Å². The van der Waals surface area contributed by atoms with Gasteiger partial charge in [-0.2, -0.15) is 0 Å². The number of aromatic nitrogens is 2. The molecule has 0 bridgehead atoms. The van der Waals surface area contributed by atoms with Crippen molar-refractivity contribution in [3.8, 4) is 0 Å². The molecule has 1 heterocycles. The van der Waals surface area contributed by atoms with Crippen LogP contribution in [0.2, 0.25) is 0 Å². The molecule has 104 valence electrons. The first-order chi connectivity index (χ1) is 9.13. The van der Waals surface area contributed by atoms with Crippen LogP contribution in [0.1, 0.15) is 45.2 Å². The summed E-state index contributed by atoms with van der Waals surface area (Å²) < 4.78 is 3.63. The van der Waals surface area contributed by atoms with Gasteiger partial charge in [0, 0.05) is 19.1 Å². The smallest absolute Gasteiger partial charge is 0.324 e. The lowest BCUT2D eigenvalue weighted by Gasteiger charge is -2.11. The first kappa shape index (κ1) is 13.9. The van der Waals surface area contributed by atoms with E-state index in [1.54, 1.807) is 0 Å². The van der Waals surface area contributed by atoms with E-state index in [4.69, 9.17) is 5.73 Å². The van der Waals surface area contributed by atoms with E-state index >= 15 is 0 Å². The Morgan fingerprint density at radius 2 is 1.74 bits per heavy atom. The van der Waals surface area contributed by atoms with Gasteiger partial charge < -0.3 is 5.73 Å². The molecule has 2 aromatic rings. The third-order valence-electron chi connectivity index (χ3n) is 3.70. The van der Waals surface area contributed by atoms with Crippen molar-refractivity contribution in [2.24, 2.45) is 5.73 Å². The van der Waals surface area contributed by atoms with Crippen LogP contribution in [0.4, 0.5) is 0 Å². The summed E-state index contributed by atoms with van der Waals surface area (Å²) in [7, 11) is 0. The molecular weight excluding hydrogens is 238 g/mol. The van der Waals surface area contributed by atoms with E-state index in [9.17, 15) is 4.79 Å². The maximum absolute atomic E-state index is 12.3. The molecule has 0 amide bonds. The Kier molecular flexibility index (Phi) is 4.10. The maximum atomic E-state index is 12.3. The average molecular weight is 261 g/mol. The summed E-state index contributed by atoms with van der Waals surface area (Å²) >= 11 is 0. The second-order valence-electron chi connectivity index (χ2n) is 4.91. The van der Waals surface area contributed by atoms with Crippen molar-refractivity contribution < 1.29 is 0 Å². The predicted molar refractivity (Wildman–Crippen MR) is 79.4 cm³/mol. The monoisotopic (exact) mass is 261 g/mol. The Morgan fingerprint density at radius 3 is 2.32 bits per heavy atom. The van der Waals surface area contributed by atoms with Crippen molar-refractivity contribution in [2.45, 2.75) is 52.7 Å². The van der Waals surface area contributed by atoms with Gasteiger partial charge in [-0.25, -0.2) is 4.79 Å². The zero-order chi connectivity index (χ0) is 14.0. The van der Waals surface area contributed by atoms with Gasteiger partial charge in [-0.1, -0.05) is 19.4 Å². The highest BCUT2D eigenvalue weighted by Crippen LogP contribution is 2.21. The lowest BCUT2D eigenvalue weighted by Crippen LogP contribution is -2.23. The summed E-state index contributed by atoms with van der Waals surface area (Å²) in [5, 5.41) is 0. The lowest BCUT2D eigenvalue weighted by atomic mass is 10.0. The van der Waals surface area contributed by atoms with Crippen LogP contribution in [0.25, 0.3) is 11.0 Å². The number of benzene rings is 1. The summed E-state index contributed by atoms with van der Waals surface area (Å²) in [6.45, 7) is 7.52. The fourth-order valence-corrected chi connectivity index (χ4v) is 2.66. The molecule has 1 aromatic heterocycles. The first-order valence-corrected chi connectivity index (χ1v) is 7.12. The number of nitrogens with zero attached hydrogens (tertiary/aromatic N) is 2. The third-order valence-corrected chi connectivity index (χ3v) is 3.70. The standard InChI is InChI=1S/C15H23N3O/c1-4-7-12(16)11-8-9-13-14(10-11)18(6-3)15(19)17(13)5-2/h8-10,12H,4-7,16H2,1-3H3. The molecule has 1 atom stereocenters. The molecule has 0 aliphatic heterocycles. The normalized spacial score (nSPS) is 13.1. The second kappa shape index (κ2) is 5.61. The van der Waals surface area contributed by atoms with Gasteiger partial charge in [0.15, 0.2) is 0 Å². The highest BCUT2D eigenvalue weighted by Gasteiger charge is 2.13. The molecule has 0 saturated heterocycles. The number of aryl methyl sites for hydroxylation is 2. The Balaban J connectivity index is 2.62. The molecule has 0 radical (unpaired) electrons. The van der Waals surface area contributed by atoms with Crippen molar-refractivity contribution in [3.05, 3.63) is 34.2 Å². The van der Waals surface area contributed by atoms with E-state index in [0.717, 1.165) is 29.4 Å². The third kappa shape index (κ3) is 2.32. The van der Waals surface area contributed by atoms with Gasteiger partial charge in [0.25, 0.3) is 0 Å². The van der Waals surface area contributed by atoms with E-state index in [2.05, 4.69) is 13.0 Å². The van der Waals surface area contributed by atoms with Crippen LogP contribution >= 0.6 is 0 Å². The molecule has 2 rings (SSSR count). The van der Waals surface area contributed by atoms with Crippen molar-refractivity contribution in [3.63, 3.8) is 0 Å².